The Balaban J connectivity index is 1.83. The minimum atomic E-state index is 0.0270. The molecule has 0 amide bonds. The summed E-state index contributed by atoms with van der Waals surface area (Å²) in [6, 6.07) is 21.3. The third-order valence-corrected chi connectivity index (χ3v) is 6.50. The molecule has 0 aliphatic rings. The maximum atomic E-state index is 8.77. The Bertz CT molecular complexity index is 792. The van der Waals surface area contributed by atoms with Crippen LogP contribution in [0.4, 0.5) is 0 Å². The Hall–Kier alpha value is -1.88. The molecule has 40 heavy (non-hydrogen) atoms. The molecule has 0 spiro atoms. The average molecular weight is 563 g/mol. The minimum Gasteiger partial charge on any atom is -0.394 e. The van der Waals surface area contributed by atoms with Crippen LogP contribution >= 0.6 is 0 Å². The van der Waals surface area contributed by atoms with Crippen LogP contribution < -0.4 is 0 Å². The van der Waals surface area contributed by atoms with Gasteiger partial charge in [-0.1, -0.05) is 60.7 Å². The average Bonchev–Trinajstić information content (AvgIpc) is 2.99. The lowest BCUT2D eigenvalue weighted by atomic mass is 9.80. The molecule has 0 aliphatic heterocycles. The molecule has 2 N–H and O–H groups in total. The second-order valence-corrected chi connectivity index (χ2v) is 9.63. The number of ether oxygens (including phenoxy) is 6. The first-order valence-electron chi connectivity index (χ1n) is 14.6. The second kappa shape index (κ2) is 24.9. The lowest BCUT2D eigenvalue weighted by Gasteiger charge is -2.28. The summed E-state index contributed by atoms with van der Waals surface area (Å²) in [5.41, 5.74) is 2.66. The molecule has 2 aromatic rings. The largest absolute Gasteiger partial charge is 0.394 e. The smallest absolute Gasteiger partial charge is 0.0701 e. The van der Waals surface area contributed by atoms with Gasteiger partial charge < -0.3 is 38.6 Å². The van der Waals surface area contributed by atoms with Gasteiger partial charge in [0.25, 0.3) is 0 Å². The van der Waals surface area contributed by atoms with E-state index in [0.717, 1.165) is 25.7 Å². The van der Waals surface area contributed by atoms with Crippen LogP contribution in [0.2, 0.25) is 0 Å². The number of hydrogen-bond donors (Lipinski definition) is 2. The van der Waals surface area contributed by atoms with Gasteiger partial charge in [-0.3, -0.25) is 0 Å². The predicted molar refractivity (Wildman–Crippen MR) is 156 cm³/mol. The fourth-order valence-electron chi connectivity index (χ4n) is 4.49. The summed E-state index contributed by atoms with van der Waals surface area (Å²) in [4.78, 5) is 0. The summed E-state index contributed by atoms with van der Waals surface area (Å²) in [5.74, 6) is 0.802. The highest BCUT2D eigenvalue weighted by Gasteiger charge is 2.23. The highest BCUT2D eigenvalue weighted by molar-refractivity contribution is 5.17. The zero-order chi connectivity index (χ0) is 28.4. The number of rotatable bonds is 27. The number of aliphatic hydroxyl groups excluding tert-OH is 2. The zero-order valence-electron chi connectivity index (χ0n) is 24.0. The topological polar surface area (TPSA) is 95.8 Å². The molecular weight excluding hydrogens is 512 g/mol. The van der Waals surface area contributed by atoms with Crippen LogP contribution in [-0.2, 0) is 41.3 Å². The molecule has 2 atom stereocenters. The molecular formula is C32H50O8. The van der Waals surface area contributed by atoms with Crippen molar-refractivity contribution in [1.82, 2.24) is 0 Å². The van der Waals surface area contributed by atoms with Crippen LogP contribution in [0.5, 0.6) is 0 Å². The Morgan fingerprint density at radius 1 is 0.450 bits per heavy atom. The number of aliphatic hydroxyl groups is 2. The van der Waals surface area contributed by atoms with E-state index >= 15 is 0 Å². The van der Waals surface area contributed by atoms with Gasteiger partial charge >= 0.3 is 0 Å². The monoisotopic (exact) mass is 562 g/mol. The van der Waals surface area contributed by atoms with Crippen LogP contribution in [0, 0.1) is 11.8 Å². The molecule has 0 bridgehead atoms. The summed E-state index contributed by atoms with van der Waals surface area (Å²) >= 11 is 0. The standard InChI is InChI=1S/C32H50O8/c33-13-16-36-19-22-38-21-18-35-15-7-12-31(26-29-8-3-1-4-9-29)32(27-30-10-5-2-6-11-30)28-40-25-24-39-23-20-37-17-14-34/h1-6,8-11,31-34H,7,12-28H2/t31-,32+/m1/s1. The maximum Gasteiger partial charge on any atom is 0.0701 e. The minimum absolute atomic E-state index is 0.0270. The molecule has 0 unspecified atom stereocenters. The number of hydrogen-bond acceptors (Lipinski definition) is 8. The lowest BCUT2D eigenvalue weighted by molar-refractivity contribution is -0.00430. The molecule has 0 radical (unpaired) electrons. The molecule has 8 nitrogen and oxygen atoms in total. The van der Waals surface area contributed by atoms with Crippen molar-refractivity contribution in [2.45, 2.75) is 25.7 Å². The maximum absolute atomic E-state index is 8.77. The molecule has 226 valence electrons. The van der Waals surface area contributed by atoms with Crippen LogP contribution in [0.1, 0.15) is 24.0 Å². The van der Waals surface area contributed by atoms with E-state index in [-0.39, 0.29) is 13.2 Å². The summed E-state index contributed by atoms with van der Waals surface area (Å²) in [6.07, 6.45) is 3.97. The van der Waals surface area contributed by atoms with E-state index in [4.69, 9.17) is 38.6 Å². The van der Waals surface area contributed by atoms with Crippen LogP contribution in [0.15, 0.2) is 60.7 Å². The lowest BCUT2D eigenvalue weighted by Crippen LogP contribution is -2.26. The van der Waals surface area contributed by atoms with Crippen molar-refractivity contribution in [2.75, 3.05) is 92.5 Å². The van der Waals surface area contributed by atoms with E-state index in [1.807, 2.05) is 0 Å². The summed E-state index contributed by atoms with van der Waals surface area (Å²) in [7, 11) is 0. The van der Waals surface area contributed by atoms with E-state index in [1.165, 1.54) is 11.1 Å². The van der Waals surface area contributed by atoms with Gasteiger partial charge in [-0.05, 0) is 48.6 Å². The van der Waals surface area contributed by atoms with Gasteiger partial charge in [-0.2, -0.15) is 0 Å². The van der Waals surface area contributed by atoms with Crippen LogP contribution in [-0.4, -0.2) is 103 Å². The van der Waals surface area contributed by atoms with Gasteiger partial charge in [0.1, 0.15) is 0 Å². The van der Waals surface area contributed by atoms with E-state index in [0.29, 0.717) is 91.1 Å². The van der Waals surface area contributed by atoms with Crippen molar-refractivity contribution in [3.05, 3.63) is 71.8 Å². The molecule has 0 aliphatic carbocycles. The summed E-state index contributed by atoms with van der Waals surface area (Å²) in [6.45, 7) is 6.22. The van der Waals surface area contributed by atoms with Crippen LogP contribution in [0.3, 0.4) is 0 Å². The van der Waals surface area contributed by atoms with Crippen molar-refractivity contribution in [3.8, 4) is 0 Å². The SMILES string of the molecule is OCCOCCOCCOCCC[C@H](Cc1ccccc1)[C@H](COCCOCCOCCO)Cc1ccccc1. The van der Waals surface area contributed by atoms with Crippen molar-refractivity contribution >= 4 is 0 Å². The van der Waals surface area contributed by atoms with Gasteiger partial charge in [0, 0.05) is 6.61 Å². The molecule has 8 heteroatoms. The predicted octanol–water partition coefficient (Wildman–Crippen LogP) is 3.57. The first kappa shape index (κ1) is 34.3. The normalized spacial score (nSPS) is 12.9. The third-order valence-electron chi connectivity index (χ3n) is 6.50. The van der Waals surface area contributed by atoms with E-state index in [1.54, 1.807) is 0 Å². The van der Waals surface area contributed by atoms with Crippen molar-refractivity contribution < 1.29 is 38.6 Å². The van der Waals surface area contributed by atoms with E-state index in [9.17, 15) is 0 Å². The molecule has 0 saturated heterocycles. The Morgan fingerprint density at radius 2 is 0.850 bits per heavy atom. The highest BCUT2D eigenvalue weighted by Crippen LogP contribution is 2.27. The second-order valence-electron chi connectivity index (χ2n) is 9.63. The van der Waals surface area contributed by atoms with Gasteiger partial charge in [0.2, 0.25) is 0 Å². The highest BCUT2D eigenvalue weighted by atomic mass is 16.6. The molecule has 0 saturated carbocycles. The van der Waals surface area contributed by atoms with Crippen molar-refractivity contribution in [3.63, 3.8) is 0 Å². The Morgan fingerprint density at radius 3 is 1.32 bits per heavy atom. The summed E-state index contributed by atoms with van der Waals surface area (Å²) in [5, 5.41) is 17.5. The molecule has 0 aromatic heterocycles. The van der Waals surface area contributed by atoms with Gasteiger partial charge in [-0.25, -0.2) is 0 Å². The zero-order valence-corrected chi connectivity index (χ0v) is 24.0. The van der Waals surface area contributed by atoms with Crippen molar-refractivity contribution in [1.29, 1.82) is 0 Å². The Labute approximate surface area is 240 Å². The summed E-state index contributed by atoms with van der Waals surface area (Å²) < 4.78 is 33.5. The van der Waals surface area contributed by atoms with Gasteiger partial charge in [0.15, 0.2) is 0 Å². The van der Waals surface area contributed by atoms with Crippen LogP contribution in [0.25, 0.3) is 0 Å². The third kappa shape index (κ3) is 17.7. The fourth-order valence-corrected chi connectivity index (χ4v) is 4.49. The quantitative estimate of drug-likeness (QED) is 0.160. The molecule has 2 rings (SSSR count). The first-order chi connectivity index (χ1) is 19.8. The Kier molecular flexibility index (Phi) is 21.3. The first-order valence-corrected chi connectivity index (χ1v) is 14.6. The van der Waals surface area contributed by atoms with E-state index < -0.39 is 0 Å². The van der Waals surface area contributed by atoms with Crippen molar-refractivity contribution in [2.24, 2.45) is 11.8 Å². The molecule has 0 heterocycles. The molecule has 2 aromatic carbocycles. The van der Waals surface area contributed by atoms with Gasteiger partial charge in [0.05, 0.1) is 85.9 Å². The van der Waals surface area contributed by atoms with Gasteiger partial charge in [-0.15, -0.1) is 0 Å². The number of benzene rings is 2. The fraction of sp³-hybridized carbons (Fsp3) is 0.625. The molecule has 0 fully saturated rings. The van der Waals surface area contributed by atoms with E-state index in [2.05, 4.69) is 60.7 Å².